The normalized spacial score (nSPS) is 11.1. The predicted molar refractivity (Wildman–Crippen MR) is 190 cm³/mol. The maximum absolute atomic E-state index is 6.45. The number of rotatable bonds is 7. The van der Waals surface area contributed by atoms with Crippen molar-refractivity contribution in [3.05, 3.63) is 157 Å². The van der Waals surface area contributed by atoms with E-state index in [1.165, 1.54) is 16.7 Å². The monoisotopic (exact) mass is 803 g/mol. The SMILES string of the molecule is CCc1ccnc(-n2c3[c-]c(Oc4[c-]c(-n5nc(C)c(-c6ccccc6)c5C)ccc4)ccc3c3cc(-c4ccccc4)ccc32)c1.[Pt+2]. The third kappa shape index (κ3) is 5.65. The van der Waals surface area contributed by atoms with Gasteiger partial charge in [0.2, 0.25) is 0 Å². The fraction of sp³-hybridized carbons (Fsp3) is 0.0952. The molecule has 0 radical (unpaired) electrons. The molecule has 0 aliphatic rings. The van der Waals surface area contributed by atoms with Crippen molar-refractivity contribution in [1.82, 2.24) is 19.3 Å². The zero-order valence-electron chi connectivity index (χ0n) is 26.8. The van der Waals surface area contributed by atoms with Crippen molar-refractivity contribution in [2.45, 2.75) is 27.2 Å². The first-order valence-corrected chi connectivity index (χ1v) is 15.9. The van der Waals surface area contributed by atoms with Gasteiger partial charge < -0.3 is 9.30 Å². The van der Waals surface area contributed by atoms with Gasteiger partial charge in [-0.15, -0.1) is 35.7 Å². The van der Waals surface area contributed by atoms with Gasteiger partial charge in [-0.3, -0.25) is 4.68 Å². The Morgan fingerprint density at radius 2 is 1.44 bits per heavy atom. The van der Waals surface area contributed by atoms with Crippen molar-refractivity contribution < 1.29 is 25.8 Å². The molecule has 3 heterocycles. The molecule has 8 rings (SSSR count). The van der Waals surface area contributed by atoms with Gasteiger partial charge in [-0.25, -0.2) is 4.98 Å². The van der Waals surface area contributed by atoms with E-state index in [1.54, 1.807) is 0 Å². The average Bonchev–Trinajstić information content (AvgIpc) is 3.61. The minimum absolute atomic E-state index is 0. The molecule has 0 unspecified atom stereocenters. The van der Waals surface area contributed by atoms with E-state index in [4.69, 9.17) is 14.8 Å². The number of ether oxygens (including phenoxy) is 1. The summed E-state index contributed by atoms with van der Waals surface area (Å²) in [6, 6.07) is 48.7. The van der Waals surface area contributed by atoms with Crippen LogP contribution < -0.4 is 4.74 Å². The first-order valence-electron chi connectivity index (χ1n) is 15.9. The molecular formula is C42H32N4OPt. The first-order chi connectivity index (χ1) is 23.1. The summed E-state index contributed by atoms with van der Waals surface area (Å²) in [5.74, 6) is 2.05. The van der Waals surface area contributed by atoms with Gasteiger partial charge in [-0.1, -0.05) is 85.2 Å². The quantitative estimate of drug-likeness (QED) is 0.151. The molecule has 0 spiro atoms. The molecule has 0 aliphatic carbocycles. The fourth-order valence-electron chi connectivity index (χ4n) is 6.47. The van der Waals surface area contributed by atoms with Crippen LogP contribution in [-0.4, -0.2) is 19.3 Å². The van der Waals surface area contributed by atoms with Gasteiger partial charge in [0.05, 0.1) is 5.69 Å². The van der Waals surface area contributed by atoms with Gasteiger partial charge in [0, 0.05) is 34.5 Å². The Bertz CT molecular complexity index is 2390. The first kappa shape index (κ1) is 31.4. The molecule has 48 heavy (non-hydrogen) atoms. The van der Waals surface area contributed by atoms with E-state index in [2.05, 4.69) is 115 Å². The van der Waals surface area contributed by atoms with Crippen LogP contribution >= 0.6 is 0 Å². The van der Waals surface area contributed by atoms with Crippen LogP contribution in [-0.2, 0) is 27.5 Å². The number of aromatic nitrogens is 4. The van der Waals surface area contributed by atoms with Gasteiger partial charge in [-0.05, 0) is 71.8 Å². The van der Waals surface area contributed by atoms with Crippen LogP contribution in [0.15, 0.2) is 128 Å². The summed E-state index contributed by atoms with van der Waals surface area (Å²) in [5, 5.41) is 7.09. The van der Waals surface area contributed by atoms with Crippen LogP contribution in [0.2, 0.25) is 0 Å². The molecule has 236 valence electrons. The summed E-state index contributed by atoms with van der Waals surface area (Å²) in [4.78, 5) is 4.79. The number of benzene rings is 5. The largest absolute Gasteiger partial charge is 2.00 e. The number of aryl methyl sites for hydroxylation is 2. The maximum atomic E-state index is 6.45. The van der Waals surface area contributed by atoms with Gasteiger partial charge in [0.25, 0.3) is 0 Å². The molecule has 0 saturated heterocycles. The second-order valence-electron chi connectivity index (χ2n) is 11.7. The van der Waals surface area contributed by atoms with Crippen molar-refractivity contribution in [3.8, 4) is 45.3 Å². The molecule has 8 aromatic rings. The van der Waals surface area contributed by atoms with E-state index < -0.39 is 0 Å². The van der Waals surface area contributed by atoms with E-state index in [1.807, 2.05) is 54.2 Å². The molecule has 5 aromatic carbocycles. The molecule has 0 aliphatic heterocycles. The Morgan fingerprint density at radius 1 is 0.688 bits per heavy atom. The van der Waals surface area contributed by atoms with Crippen LogP contribution in [0.3, 0.4) is 0 Å². The molecule has 5 nitrogen and oxygen atoms in total. The van der Waals surface area contributed by atoms with Crippen molar-refractivity contribution in [2.24, 2.45) is 0 Å². The van der Waals surface area contributed by atoms with E-state index in [0.29, 0.717) is 11.5 Å². The molecule has 0 fully saturated rings. The van der Waals surface area contributed by atoms with Crippen LogP contribution in [0.4, 0.5) is 0 Å². The number of fused-ring (bicyclic) bond motifs is 3. The smallest absolute Gasteiger partial charge is 0.509 e. The molecule has 0 atom stereocenters. The Kier molecular flexibility index (Phi) is 8.56. The number of pyridine rings is 1. The second-order valence-corrected chi connectivity index (χ2v) is 11.7. The van der Waals surface area contributed by atoms with E-state index in [9.17, 15) is 0 Å². The Hall–Kier alpha value is -5.25. The van der Waals surface area contributed by atoms with Gasteiger partial charge in [0.15, 0.2) is 0 Å². The number of hydrogen-bond donors (Lipinski definition) is 0. The van der Waals surface area contributed by atoms with Crippen LogP contribution in [0.5, 0.6) is 11.5 Å². The number of nitrogens with zero attached hydrogens (tertiary/aromatic N) is 4. The topological polar surface area (TPSA) is 44.9 Å². The Balaban J connectivity index is 0.00000364. The summed E-state index contributed by atoms with van der Waals surface area (Å²) in [6.45, 7) is 6.30. The Morgan fingerprint density at radius 3 is 2.21 bits per heavy atom. The van der Waals surface area contributed by atoms with Crippen molar-refractivity contribution in [1.29, 1.82) is 0 Å². The molecule has 6 heteroatoms. The third-order valence-corrected chi connectivity index (χ3v) is 8.76. The van der Waals surface area contributed by atoms with Crippen LogP contribution in [0.1, 0.15) is 23.9 Å². The van der Waals surface area contributed by atoms with E-state index in [-0.39, 0.29) is 21.1 Å². The van der Waals surface area contributed by atoms with E-state index >= 15 is 0 Å². The maximum Gasteiger partial charge on any atom is 2.00 e. The van der Waals surface area contributed by atoms with Gasteiger partial charge in [-0.2, -0.15) is 17.2 Å². The molecular weight excluding hydrogens is 772 g/mol. The summed E-state index contributed by atoms with van der Waals surface area (Å²) in [5.41, 5.74) is 10.7. The molecule has 0 N–H and O–H groups in total. The van der Waals surface area contributed by atoms with Gasteiger partial charge in [0.1, 0.15) is 5.82 Å². The summed E-state index contributed by atoms with van der Waals surface area (Å²) in [7, 11) is 0. The summed E-state index contributed by atoms with van der Waals surface area (Å²) in [6.07, 6.45) is 2.81. The molecule has 0 bridgehead atoms. The molecule has 0 saturated carbocycles. The zero-order valence-corrected chi connectivity index (χ0v) is 29.1. The average molecular weight is 804 g/mol. The van der Waals surface area contributed by atoms with Crippen molar-refractivity contribution in [2.75, 3.05) is 0 Å². The van der Waals surface area contributed by atoms with Crippen molar-refractivity contribution >= 4 is 21.8 Å². The van der Waals surface area contributed by atoms with Crippen molar-refractivity contribution in [3.63, 3.8) is 0 Å². The number of hydrogen-bond acceptors (Lipinski definition) is 3. The summed E-state index contributed by atoms with van der Waals surface area (Å²) >= 11 is 0. The fourth-order valence-corrected chi connectivity index (χ4v) is 6.47. The van der Waals surface area contributed by atoms with Crippen LogP contribution in [0.25, 0.3) is 55.6 Å². The standard InChI is InChI=1S/C42H32N4O.Pt/c1-4-30-22-23-43-41(24-30)45-39-21-18-33(31-12-7-5-8-13-31)25-38(39)37-20-19-36(27-40(37)45)47-35-17-11-16-34(26-35)46-29(3)42(28(2)44-46)32-14-9-6-10-15-32;/h5-25H,4H2,1-3H3;/q-2;+2. The molecule has 0 amide bonds. The van der Waals surface area contributed by atoms with Crippen LogP contribution in [0, 0.1) is 26.0 Å². The van der Waals surface area contributed by atoms with Gasteiger partial charge >= 0.3 is 21.1 Å². The second kappa shape index (κ2) is 13.1. The summed E-state index contributed by atoms with van der Waals surface area (Å²) < 4.78 is 10.6. The minimum Gasteiger partial charge on any atom is -0.509 e. The molecule has 3 aromatic heterocycles. The zero-order chi connectivity index (χ0) is 31.9. The van der Waals surface area contributed by atoms with E-state index in [0.717, 1.165) is 62.2 Å². The predicted octanol–water partition coefficient (Wildman–Crippen LogP) is 10.3. The Labute approximate surface area is 294 Å². The third-order valence-electron chi connectivity index (χ3n) is 8.76. The minimum atomic E-state index is 0.